The van der Waals surface area contributed by atoms with Gasteiger partial charge in [-0.25, -0.2) is 0 Å². The maximum Gasteiger partial charge on any atom is 0.455 e. The summed E-state index contributed by atoms with van der Waals surface area (Å²) < 4.78 is 43.1. The summed E-state index contributed by atoms with van der Waals surface area (Å²) in [7, 11) is 1.75. The van der Waals surface area contributed by atoms with Crippen molar-refractivity contribution in [1.82, 2.24) is 24.9 Å². The summed E-state index contributed by atoms with van der Waals surface area (Å²) in [6.07, 6.45) is -4.03. The summed E-state index contributed by atoms with van der Waals surface area (Å²) in [4.78, 5) is 3.27. The molecule has 0 saturated carbocycles. The standard InChI is InChI=1S/C9H11F3N6OS/c1-18-5(2-3-13)15-16-8(18)20-4-6-14-7(17-19-6)9(10,11)12/h2-4,13H2,1H3. The van der Waals surface area contributed by atoms with E-state index in [4.69, 9.17) is 5.73 Å². The molecule has 2 heterocycles. The van der Waals surface area contributed by atoms with Crippen LogP contribution in [0.4, 0.5) is 13.2 Å². The van der Waals surface area contributed by atoms with E-state index in [1.807, 2.05) is 0 Å². The van der Waals surface area contributed by atoms with Crippen LogP contribution < -0.4 is 5.73 Å². The van der Waals surface area contributed by atoms with Gasteiger partial charge in [-0.2, -0.15) is 18.2 Å². The third kappa shape index (κ3) is 3.28. The lowest BCUT2D eigenvalue weighted by Crippen LogP contribution is -2.08. The summed E-state index contributed by atoms with van der Waals surface area (Å²) in [6, 6.07) is 0. The second-order valence-corrected chi connectivity index (χ2v) is 4.74. The van der Waals surface area contributed by atoms with Crippen LogP contribution in [0.2, 0.25) is 0 Å². The van der Waals surface area contributed by atoms with Crippen molar-refractivity contribution in [2.45, 2.75) is 23.5 Å². The van der Waals surface area contributed by atoms with E-state index in [0.29, 0.717) is 23.9 Å². The Kier molecular flexibility index (Phi) is 4.28. The minimum atomic E-state index is -4.61. The van der Waals surface area contributed by atoms with Crippen LogP contribution in [-0.4, -0.2) is 31.4 Å². The number of aromatic nitrogens is 5. The van der Waals surface area contributed by atoms with Gasteiger partial charge in [0.1, 0.15) is 5.82 Å². The molecule has 0 aromatic carbocycles. The van der Waals surface area contributed by atoms with Crippen molar-refractivity contribution in [2.75, 3.05) is 6.54 Å². The molecule has 2 aromatic heterocycles. The molecule has 0 saturated heterocycles. The molecule has 2 aromatic rings. The van der Waals surface area contributed by atoms with Crippen molar-refractivity contribution < 1.29 is 17.7 Å². The lowest BCUT2D eigenvalue weighted by atomic mass is 10.4. The van der Waals surface area contributed by atoms with Crippen LogP contribution in [0, 0.1) is 0 Å². The Morgan fingerprint density at radius 3 is 2.70 bits per heavy atom. The number of halogens is 3. The minimum Gasteiger partial charge on any atom is -0.338 e. The quantitative estimate of drug-likeness (QED) is 0.823. The van der Waals surface area contributed by atoms with E-state index in [9.17, 15) is 13.2 Å². The SMILES string of the molecule is Cn1c(CCN)nnc1SCc1nc(C(F)(F)F)no1. The molecular weight excluding hydrogens is 297 g/mol. The van der Waals surface area contributed by atoms with Gasteiger partial charge in [0.15, 0.2) is 5.16 Å². The summed E-state index contributed by atoms with van der Waals surface area (Å²) >= 11 is 1.16. The Labute approximate surface area is 115 Å². The van der Waals surface area contributed by atoms with Crippen molar-refractivity contribution in [1.29, 1.82) is 0 Å². The number of rotatable bonds is 5. The molecule has 0 aliphatic heterocycles. The average Bonchev–Trinajstić information content (AvgIpc) is 2.96. The lowest BCUT2D eigenvalue weighted by molar-refractivity contribution is -0.146. The van der Waals surface area contributed by atoms with Crippen LogP contribution in [0.25, 0.3) is 0 Å². The predicted octanol–water partition coefficient (Wildman–Crippen LogP) is 1.01. The van der Waals surface area contributed by atoms with Crippen molar-refractivity contribution >= 4 is 11.8 Å². The zero-order chi connectivity index (χ0) is 14.8. The first-order valence-electron chi connectivity index (χ1n) is 5.52. The van der Waals surface area contributed by atoms with Gasteiger partial charge >= 0.3 is 6.18 Å². The third-order valence-corrected chi connectivity index (χ3v) is 3.34. The molecule has 2 rings (SSSR count). The Bertz CT molecular complexity index is 580. The smallest absolute Gasteiger partial charge is 0.338 e. The van der Waals surface area contributed by atoms with Crippen LogP contribution in [0.15, 0.2) is 9.68 Å². The molecule has 11 heteroatoms. The largest absolute Gasteiger partial charge is 0.455 e. The molecule has 20 heavy (non-hydrogen) atoms. The molecule has 0 amide bonds. The maximum atomic E-state index is 12.3. The number of nitrogens with zero attached hydrogens (tertiary/aromatic N) is 5. The highest BCUT2D eigenvalue weighted by Crippen LogP contribution is 2.27. The van der Waals surface area contributed by atoms with Crippen LogP contribution in [0.1, 0.15) is 17.5 Å². The van der Waals surface area contributed by atoms with Gasteiger partial charge in [0, 0.05) is 13.5 Å². The van der Waals surface area contributed by atoms with Gasteiger partial charge in [-0.1, -0.05) is 16.9 Å². The fourth-order valence-electron chi connectivity index (χ4n) is 1.37. The molecule has 0 radical (unpaired) electrons. The van der Waals surface area contributed by atoms with E-state index < -0.39 is 12.0 Å². The number of hydrogen-bond acceptors (Lipinski definition) is 7. The highest BCUT2D eigenvalue weighted by atomic mass is 32.2. The van der Waals surface area contributed by atoms with Crippen molar-refractivity contribution in [2.24, 2.45) is 12.8 Å². The van der Waals surface area contributed by atoms with Gasteiger partial charge in [0.05, 0.1) is 5.75 Å². The first-order chi connectivity index (χ1) is 9.41. The summed E-state index contributed by atoms with van der Waals surface area (Å²) in [5, 5.41) is 11.3. The van der Waals surface area contributed by atoms with Gasteiger partial charge < -0.3 is 14.8 Å². The monoisotopic (exact) mass is 308 g/mol. The first-order valence-corrected chi connectivity index (χ1v) is 6.51. The van der Waals surface area contributed by atoms with E-state index >= 15 is 0 Å². The van der Waals surface area contributed by atoms with Crippen LogP contribution >= 0.6 is 11.8 Å². The van der Waals surface area contributed by atoms with E-state index in [1.165, 1.54) is 0 Å². The molecule has 7 nitrogen and oxygen atoms in total. The molecule has 0 bridgehead atoms. The highest BCUT2D eigenvalue weighted by molar-refractivity contribution is 7.98. The summed E-state index contributed by atoms with van der Waals surface area (Å²) in [5.74, 6) is -0.616. The van der Waals surface area contributed by atoms with Gasteiger partial charge in [0.2, 0.25) is 5.89 Å². The van der Waals surface area contributed by atoms with E-state index in [-0.39, 0.29) is 11.6 Å². The van der Waals surface area contributed by atoms with Crippen molar-refractivity contribution in [3.05, 3.63) is 17.5 Å². The van der Waals surface area contributed by atoms with Gasteiger partial charge in [-0.15, -0.1) is 10.2 Å². The Morgan fingerprint density at radius 1 is 1.35 bits per heavy atom. The molecule has 0 atom stereocenters. The first kappa shape index (κ1) is 14.8. The zero-order valence-corrected chi connectivity index (χ0v) is 11.2. The summed E-state index contributed by atoms with van der Waals surface area (Å²) in [6.45, 7) is 0.440. The minimum absolute atomic E-state index is 0.0810. The Hall–Kier alpha value is -1.62. The molecule has 2 N–H and O–H groups in total. The predicted molar refractivity (Wildman–Crippen MR) is 62.6 cm³/mol. The molecule has 0 unspecified atom stereocenters. The number of thioether (sulfide) groups is 1. The number of hydrogen-bond donors (Lipinski definition) is 1. The third-order valence-electron chi connectivity index (χ3n) is 2.34. The van der Waals surface area contributed by atoms with Gasteiger partial charge in [-0.3, -0.25) is 0 Å². The van der Waals surface area contributed by atoms with E-state index in [0.717, 1.165) is 11.8 Å². The average molecular weight is 308 g/mol. The molecule has 0 aliphatic carbocycles. The Morgan fingerprint density at radius 2 is 2.10 bits per heavy atom. The molecular formula is C9H11F3N6OS. The maximum absolute atomic E-state index is 12.3. The van der Waals surface area contributed by atoms with Crippen LogP contribution in [-0.2, 0) is 25.4 Å². The summed E-state index contributed by atoms with van der Waals surface area (Å²) in [5.41, 5.74) is 5.42. The molecule has 0 spiro atoms. The number of nitrogens with two attached hydrogens (primary N) is 1. The Balaban J connectivity index is 2.00. The fraction of sp³-hybridized carbons (Fsp3) is 0.556. The van der Waals surface area contributed by atoms with E-state index in [1.54, 1.807) is 11.6 Å². The number of alkyl halides is 3. The lowest BCUT2D eigenvalue weighted by Gasteiger charge is -2.00. The van der Waals surface area contributed by atoms with E-state index in [2.05, 4.69) is 24.9 Å². The second kappa shape index (κ2) is 5.79. The molecule has 110 valence electrons. The van der Waals surface area contributed by atoms with Gasteiger partial charge in [0.25, 0.3) is 5.82 Å². The van der Waals surface area contributed by atoms with Crippen LogP contribution in [0.5, 0.6) is 0 Å². The zero-order valence-electron chi connectivity index (χ0n) is 10.4. The normalized spacial score (nSPS) is 12.1. The van der Waals surface area contributed by atoms with Crippen molar-refractivity contribution in [3.63, 3.8) is 0 Å². The highest BCUT2D eigenvalue weighted by Gasteiger charge is 2.37. The van der Waals surface area contributed by atoms with Gasteiger partial charge in [-0.05, 0) is 6.54 Å². The van der Waals surface area contributed by atoms with Crippen LogP contribution in [0.3, 0.4) is 0 Å². The van der Waals surface area contributed by atoms with Crippen molar-refractivity contribution in [3.8, 4) is 0 Å². The second-order valence-electron chi connectivity index (χ2n) is 3.79. The molecule has 0 aliphatic rings. The molecule has 0 fully saturated rings. The fourth-order valence-corrected chi connectivity index (χ4v) is 2.14. The topological polar surface area (TPSA) is 95.7 Å².